The van der Waals surface area contributed by atoms with Crippen LogP contribution in [0.15, 0.2) is 22.7 Å². The largest absolute Gasteiger partial charge is 0.393 e. The molecule has 1 aromatic rings. The Morgan fingerprint density at radius 3 is 2.83 bits per heavy atom. The molecule has 2 N–H and O–H groups in total. The number of hydrogen-bond donors (Lipinski definition) is 2. The van der Waals surface area contributed by atoms with Gasteiger partial charge in [-0.05, 0) is 52.4 Å². The molecule has 18 heavy (non-hydrogen) atoms. The lowest BCUT2D eigenvalue weighted by Gasteiger charge is -2.27. The fraction of sp³-hybridized carbons (Fsp3) is 0.571. The highest BCUT2D eigenvalue weighted by atomic mass is 79.9. The average molecular weight is 316 g/mol. The van der Waals surface area contributed by atoms with Gasteiger partial charge >= 0.3 is 0 Å². The van der Waals surface area contributed by atoms with E-state index in [0.717, 1.165) is 31.4 Å². The van der Waals surface area contributed by atoms with E-state index in [1.807, 2.05) is 6.07 Å². The fourth-order valence-corrected chi connectivity index (χ4v) is 2.72. The topological polar surface area (TPSA) is 32.3 Å². The first-order chi connectivity index (χ1) is 8.66. The van der Waals surface area contributed by atoms with Crippen LogP contribution >= 0.6 is 15.9 Å². The molecule has 2 nitrogen and oxygen atoms in total. The standard InChI is InChI=1S/C14H19BrFNO/c15-12-6-5-10(7-13(12)16)8-17-9-11-3-1-2-4-14(11)18/h5-7,11,14,17-18H,1-4,8-9H2. The molecule has 2 unspecified atom stereocenters. The minimum absolute atomic E-state index is 0.173. The number of rotatable bonds is 4. The van der Waals surface area contributed by atoms with E-state index in [1.165, 1.54) is 12.5 Å². The third-order valence-electron chi connectivity index (χ3n) is 3.59. The van der Waals surface area contributed by atoms with Crippen molar-refractivity contribution in [3.05, 3.63) is 34.1 Å². The van der Waals surface area contributed by atoms with E-state index in [9.17, 15) is 9.50 Å². The van der Waals surface area contributed by atoms with Gasteiger partial charge in [0.2, 0.25) is 0 Å². The second kappa shape index (κ2) is 6.64. The van der Waals surface area contributed by atoms with Gasteiger partial charge in [-0.25, -0.2) is 4.39 Å². The smallest absolute Gasteiger partial charge is 0.137 e. The number of benzene rings is 1. The average Bonchev–Trinajstić information content (AvgIpc) is 2.36. The zero-order chi connectivity index (χ0) is 13.0. The molecule has 1 aliphatic carbocycles. The summed E-state index contributed by atoms with van der Waals surface area (Å²) in [6.45, 7) is 1.45. The Bertz CT molecular complexity index is 399. The molecule has 100 valence electrons. The predicted octanol–water partition coefficient (Wildman–Crippen LogP) is 3.23. The van der Waals surface area contributed by atoms with Crippen molar-refractivity contribution in [2.24, 2.45) is 5.92 Å². The predicted molar refractivity (Wildman–Crippen MR) is 73.8 cm³/mol. The molecule has 1 saturated carbocycles. The SMILES string of the molecule is OC1CCCCC1CNCc1ccc(Br)c(F)c1. The van der Waals surface area contributed by atoms with Gasteiger partial charge in [-0.2, -0.15) is 0 Å². The highest BCUT2D eigenvalue weighted by Gasteiger charge is 2.22. The van der Waals surface area contributed by atoms with E-state index in [1.54, 1.807) is 6.07 Å². The first-order valence-electron chi connectivity index (χ1n) is 6.49. The Balaban J connectivity index is 1.79. The second-order valence-electron chi connectivity index (χ2n) is 4.99. The Labute approximate surface area is 116 Å². The Morgan fingerprint density at radius 1 is 1.33 bits per heavy atom. The first-order valence-corrected chi connectivity index (χ1v) is 7.29. The number of halogens is 2. The van der Waals surface area contributed by atoms with Crippen LogP contribution in [0.5, 0.6) is 0 Å². The molecule has 1 fully saturated rings. The minimum Gasteiger partial charge on any atom is -0.393 e. The van der Waals surface area contributed by atoms with Gasteiger partial charge < -0.3 is 10.4 Å². The molecule has 2 rings (SSSR count). The van der Waals surface area contributed by atoms with Gasteiger partial charge in [-0.15, -0.1) is 0 Å². The minimum atomic E-state index is -0.230. The van der Waals surface area contributed by atoms with E-state index in [0.29, 0.717) is 16.9 Å². The lowest BCUT2D eigenvalue weighted by molar-refractivity contribution is 0.0695. The van der Waals surface area contributed by atoms with E-state index in [-0.39, 0.29) is 11.9 Å². The second-order valence-corrected chi connectivity index (χ2v) is 5.85. The molecule has 4 heteroatoms. The van der Waals surface area contributed by atoms with E-state index >= 15 is 0 Å². The van der Waals surface area contributed by atoms with Crippen LogP contribution in [-0.4, -0.2) is 17.8 Å². The van der Waals surface area contributed by atoms with Crippen molar-refractivity contribution in [3.63, 3.8) is 0 Å². The van der Waals surface area contributed by atoms with Gasteiger partial charge in [0, 0.05) is 13.1 Å². The van der Waals surface area contributed by atoms with Crippen molar-refractivity contribution < 1.29 is 9.50 Å². The zero-order valence-electron chi connectivity index (χ0n) is 10.3. The Kier molecular flexibility index (Phi) is 5.15. The van der Waals surface area contributed by atoms with Crippen LogP contribution < -0.4 is 5.32 Å². The van der Waals surface area contributed by atoms with Gasteiger partial charge in [-0.1, -0.05) is 18.9 Å². The van der Waals surface area contributed by atoms with Crippen molar-refractivity contribution in [2.45, 2.75) is 38.3 Å². The monoisotopic (exact) mass is 315 g/mol. The van der Waals surface area contributed by atoms with Gasteiger partial charge in [0.25, 0.3) is 0 Å². The fourth-order valence-electron chi connectivity index (χ4n) is 2.48. The number of aliphatic hydroxyl groups excluding tert-OH is 1. The number of nitrogens with one attached hydrogen (secondary N) is 1. The van der Waals surface area contributed by atoms with Crippen molar-refractivity contribution in [2.75, 3.05) is 6.54 Å². The Morgan fingerprint density at radius 2 is 2.11 bits per heavy atom. The van der Waals surface area contributed by atoms with Crippen LogP contribution in [0.4, 0.5) is 4.39 Å². The first kappa shape index (κ1) is 14.0. The lowest BCUT2D eigenvalue weighted by atomic mass is 9.86. The van der Waals surface area contributed by atoms with Gasteiger partial charge in [0.05, 0.1) is 10.6 Å². The highest BCUT2D eigenvalue weighted by Crippen LogP contribution is 2.23. The summed E-state index contributed by atoms with van der Waals surface area (Å²) >= 11 is 3.14. The van der Waals surface area contributed by atoms with E-state index in [4.69, 9.17) is 0 Å². The summed E-state index contributed by atoms with van der Waals surface area (Å²) in [5.41, 5.74) is 0.931. The van der Waals surface area contributed by atoms with Crippen LogP contribution in [0.1, 0.15) is 31.2 Å². The van der Waals surface area contributed by atoms with Gasteiger partial charge in [-0.3, -0.25) is 0 Å². The molecule has 1 aromatic carbocycles. The summed E-state index contributed by atoms with van der Waals surface area (Å²) in [5.74, 6) is 0.117. The van der Waals surface area contributed by atoms with E-state index < -0.39 is 0 Å². The Hall–Kier alpha value is -0.450. The maximum Gasteiger partial charge on any atom is 0.137 e. The molecule has 0 aromatic heterocycles. The zero-order valence-corrected chi connectivity index (χ0v) is 11.9. The highest BCUT2D eigenvalue weighted by molar-refractivity contribution is 9.10. The molecule has 1 aliphatic rings. The van der Waals surface area contributed by atoms with Crippen molar-refractivity contribution in [1.82, 2.24) is 5.32 Å². The lowest BCUT2D eigenvalue weighted by Crippen LogP contribution is -2.33. The van der Waals surface area contributed by atoms with E-state index in [2.05, 4.69) is 21.2 Å². The molecule has 0 saturated heterocycles. The molecule has 0 bridgehead atoms. The van der Waals surface area contributed by atoms with Crippen LogP contribution in [0.2, 0.25) is 0 Å². The normalized spacial score (nSPS) is 24.2. The van der Waals surface area contributed by atoms with Gasteiger partial charge in [0.1, 0.15) is 5.82 Å². The molecule has 0 amide bonds. The number of aliphatic hydroxyl groups is 1. The van der Waals surface area contributed by atoms with Crippen LogP contribution in [0.25, 0.3) is 0 Å². The maximum absolute atomic E-state index is 13.3. The third kappa shape index (κ3) is 3.77. The summed E-state index contributed by atoms with van der Waals surface area (Å²) in [4.78, 5) is 0. The van der Waals surface area contributed by atoms with Crippen LogP contribution in [0, 0.1) is 11.7 Å². The third-order valence-corrected chi connectivity index (χ3v) is 4.23. The van der Waals surface area contributed by atoms with Crippen molar-refractivity contribution in [3.8, 4) is 0 Å². The van der Waals surface area contributed by atoms with Crippen molar-refractivity contribution in [1.29, 1.82) is 0 Å². The quantitative estimate of drug-likeness (QED) is 0.894. The maximum atomic E-state index is 13.3. The van der Waals surface area contributed by atoms with Crippen molar-refractivity contribution >= 4 is 15.9 Å². The molecule has 0 spiro atoms. The molecule has 0 radical (unpaired) electrons. The summed E-state index contributed by atoms with van der Waals surface area (Å²) in [6, 6.07) is 5.16. The molecular weight excluding hydrogens is 297 g/mol. The molecular formula is C14H19BrFNO. The summed E-state index contributed by atoms with van der Waals surface area (Å²) in [6.07, 6.45) is 4.17. The molecule has 0 heterocycles. The van der Waals surface area contributed by atoms with Gasteiger partial charge in [0.15, 0.2) is 0 Å². The van der Waals surface area contributed by atoms with Crippen LogP contribution in [0.3, 0.4) is 0 Å². The number of hydrogen-bond acceptors (Lipinski definition) is 2. The molecule has 0 aliphatic heterocycles. The molecule has 2 atom stereocenters. The summed E-state index contributed by atoms with van der Waals surface area (Å²) in [5, 5.41) is 13.1. The summed E-state index contributed by atoms with van der Waals surface area (Å²) in [7, 11) is 0. The van der Waals surface area contributed by atoms with Crippen LogP contribution in [-0.2, 0) is 6.54 Å². The summed E-state index contributed by atoms with van der Waals surface area (Å²) < 4.78 is 13.8.